The average Bonchev–Trinajstić information content (AvgIpc) is 2.55. The topological polar surface area (TPSA) is 70.7 Å². The summed E-state index contributed by atoms with van der Waals surface area (Å²) in [4.78, 5) is 10.6. The van der Waals surface area contributed by atoms with Crippen molar-refractivity contribution in [1.82, 2.24) is 0 Å². The fourth-order valence-corrected chi connectivity index (χ4v) is 1.71. The maximum Gasteiger partial charge on any atom is 0.307 e. The van der Waals surface area contributed by atoms with E-state index in [-0.39, 0.29) is 17.2 Å². The van der Waals surface area contributed by atoms with E-state index in [1.165, 1.54) is 12.3 Å². The normalized spacial score (nSPS) is 10.7. The summed E-state index contributed by atoms with van der Waals surface area (Å²) in [5.41, 5.74) is 0.924. The second kappa shape index (κ2) is 3.47. The molecule has 0 amide bonds. The smallest absolute Gasteiger partial charge is 0.307 e. The molecular weight excluding hydrogens is 220 g/mol. The van der Waals surface area contributed by atoms with Gasteiger partial charge in [-0.2, -0.15) is 0 Å². The van der Waals surface area contributed by atoms with E-state index in [9.17, 15) is 9.90 Å². The number of rotatable bonds is 2. The number of carboxylic acid groups (broad SMARTS) is 1. The molecule has 5 heteroatoms. The molecular formula is C10H7ClO4. The number of phenols is 1. The van der Waals surface area contributed by atoms with Gasteiger partial charge in [-0.15, -0.1) is 0 Å². The second-order valence-electron chi connectivity index (χ2n) is 3.10. The Morgan fingerprint density at radius 2 is 2.20 bits per heavy atom. The minimum absolute atomic E-state index is 0.0859. The maximum atomic E-state index is 10.6. The number of hydrogen-bond donors (Lipinski definition) is 2. The van der Waals surface area contributed by atoms with Gasteiger partial charge in [-0.1, -0.05) is 11.6 Å². The zero-order valence-corrected chi connectivity index (χ0v) is 8.28. The van der Waals surface area contributed by atoms with E-state index in [1.807, 2.05) is 0 Å². The lowest BCUT2D eigenvalue weighted by Crippen LogP contribution is -1.98. The summed E-state index contributed by atoms with van der Waals surface area (Å²) < 4.78 is 5.13. The Bertz CT molecular complexity index is 529. The molecule has 0 aliphatic carbocycles. The van der Waals surface area contributed by atoms with Gasteiger partial charge in [-0.05, 0) is 12.1 Å². The van der Waals surface area contributed by atoms with Crippen LogP contribution >= 0.6 is 11.6 Å². The first-order valence-electron chi connectivity index (χ1n) is 4.19. The van der Waals surface area contributed by atoms with E-state index in [2.05, 4.69) is 0 Å². The fourth-order valence-electron chi connectivity index (χ4n) is 1.43. The van der Waals surface area contributed by atoms with E-state index >= 15 is 0 Å². The van der Waals surface area contributed by atoms with Gasteiger partial charge < -0.3 is 14.6 Å². The summed E-state index contributed by atoms with van der Waals surface area (Å²) in [6.07, 6.45) is 1.15. The van der Waals surface area contributed by atoms with Crippen LogP contribution < -0.4 is 0 Å². The highest BCUT2D eigenvalue weighted by atomic mass is 35.5. The van der Waals surface area contributed by atoms with E-state index in [0.29, 0.717) is 16.5 Å². The third-order valence-corrected chi connectivity index (χ3v) is 2.46. The van der Waals surface area contributed by atoms with Crippen molar-refractivity contribution in [2.45, 2.75) is 6.42 Å². The van der Waals surface area contributed by atoms with E-state index < -0.39 is 5.97 Å². The van der Waals surface area contributed by atoms with Gasteiger partial charge in [0.1, 0.15) is 11.3 Å². The fraction of sp³-hybridized carbons (Fsp3) is 0.100. The predicted molar refractivity (Wildman–Crippen MR) is 54.2 cm³/mol. The van der Waals surface area contributed by atoms with Gasteiger partial charge in [-0.3, -0.25) is 4.79 Å². The Morgan fingerprint density at radius 3 is 2.87 bits per heavy atom. The molecule has 2 aromatic rings. The van der Waals surface area contributed by atoms with Crippen molar-refractivity contribution in [3.8, 4) is 5.75 Å². The molecule has 0 unspecified atom stereocenters. The second-order valence-corrected chi connectivity index (χ2v) is 3.48. The number of halogens is 1. The predicted octanol–water partition coefficient (Wildman–Crippen LogP) is 2.42. The van der Waals surface area contributed by atoms with Gasteiger partial charge >= 0.3 is 5.97 Å². The summed E-state index contributed by atoms with van der Waals surface area (Å²) in [6, 6.07) is 2.95. The first kappa shape index (κ1) is 9.86. The molecule has 0 bridgehead atoms. The number of carboxylic acids is 1. The highest BCUT2D eigenvalue weighted by Crippen LogP contribution is 2.35. The van der Waals surface area contributed by atoms with Gasteiger partial charge in [0.05, 0.1) is 17.7 Å². The van der Waals surface area contributed by atoms with Crippen LogP contribution in [0.2, 0.25) is 5.02 Å². The molecule has 4 nitrogen and oxygen atoms in total. The highest BCUT2D eigenvalue weighted by molar-refractivity contribution is 6.37. The quantitative estimate of drug-likeness (QED) is 0.825. The lowest BCUT2D eigenvalue weighted by atomic mass is 10.1. The molecule has 2 rings (SSSR count). The molecule has 1 heterocycles. The number of hydrogen-bond acceptors (Lipinski definition) is 3. The lowest BCUT2D eigenvalue weighted by molar-refractivity contribution is -0.136. The number of aliphatic carboxylic acids is 1. The summed E-state index contributed by atoms with van der Waals surface area (Å²) in [5.74, 6) is -1.06. The van der Waals surface area contributed by atoms with Gasteiger partial charge in [-0.25, -0.2) is 0 Å². The number of fused-ring (bicyclic) bond motifs is 1. The molecule has 0 atom stereocenters. The molecule has 0 radical (unpaired) electrons. The maximum absolute atomic E-state index is 10.6. The number of phenolic OH excluding ortho intramolecular Hbond substituents is 1. The average molecular weight is 227 g/mol. The van der Waals surface area contributed by atoms with Crippen LogP contribution in [-0.2, 0) is 11.2 Å². The van der Waals surface area contributed by atoms with Gasteiger partial charge in [0.2, 0.25) is 0 Å². The van der Waals surface area contributed by atoms with Gasteiger partial charge in [0.15, 0.2) is 0 Å². The van der Waals surface area contributed by atoms with Gasteiger partial charge in [0.25, 0.3) is 0 Å². The largest absolute Gasteiger partial charge is 0.506 e. The Balaban J connectivity index is 2.66. The number of furan rings is 1. The Morgan fingerprint density at radius 1 is 1.47 bits per heavy atom. The molecule has 1 aromatic heterocycles. The van der Waals surface area contributed by atoms with Crippen molar-refractivity contribution in [2.24, 2.45) is 0 Å². The standard InChI is InChI=1S/C10H7ClO4/c11-10-6(12)1-2-7-9(10)5(4-15-7)3-8(13)14/h1-2,4,12H,3H2,(H,13,14). The highest BCUT2D eigenvalue weighted by Gasteiger charge is 2.14. The third kappa shape index (κ3) is 1.64. The van der Waals surface area contributed by atoms with Crippen LogP contribution in [0.4, 0.5) is 0 Å². The molecule has 0 spiro atoms. The first-order chi connectivity index (χ1) is 7.09. The summed E-state index contributed by atoms with van der Waals surface area (Å²) in [6.45, 7) is 0. The number of carbonyl (C=O) groups is 1. The number of benzene rings is 1. The number of aromatic hydroxyl groups is 1. The van der Waals surface area contributed by atoms with Crippen LogP contribution in [0.15, 0.2) is 22.8 Å². The van der Waals surface area contributed by atoms with Crippen molar-refractivity contribution in [2.75, 3.05) is 0 Å². The van der Waals surface area contributed by atoms with Crippen molar-refractivity contribution in [3.05, 3.63) is 29.0 Å². The SMILES string of the molecule is O=C(O)Cc1coc2ccc(O)c(Cl)c12. The molecule has 0 aliphatic heterocycles. The molecule has 78 valence electrons. The molecule has 2 N–H and O–H groups in total. The van der Waals surface area contributed by atoms with E-state index in [1.54, 1.807) is 6.07 Å². The molecule has 15 heavy (non-hydrogen) atoms. The molecule has 0 saturated heterocycles. The zero-order valence-electron chi connectivity index (χ0n) is 7.53. The van der Waals surface area contributed by atoms with Crippen molar-refractivity contribution >= 4 is 28.5 Å². The van der Waals surface area contributed by atoms with Crippen LogP contribution in [0.25, 0.3) is 11.0 Å². The summed E-state index contributed by atoms with van der Waals surface area (Å²) in [7, 11) is 0. The monoisotopic (exact) mass is 226 g/mol. The van der Waals surface area contributed by atoms with Crippen molar-refractivity contribution < 1.29 is 19.4 Å². The first-order valence-corrected chi connectivity index (χ1v) is 4.56. The summed E-state index contributed by atoms with van der Waals surface area (Å²) in [5, 5.41) is 18.6. The minimum atomic E-state index is -0.975. The Labute approximate surface area is 89.7 Å². The van der Waals surface area contributed by atoms with Crippen molar-refractivity contribution in [3.63, 3.8) is 0 Å². The molecule has 1 aromatic carbocycles. The van der Waals surface area contributed by atoms with Crippen LogP contribution in [0.1, 0.15) is 5.56 Å². The van der Waals surface area contributed by atoms with Crippen LogP contribution in [0, 0.1) is 0 Å². The van der Waals surface area contributed by atoms with Crippen LogP contribution in [-0.4, -0.2) is 16.2 Å². The Hall–Kier alpha value is -1.68. The van der Waals surface area contributed by atoms with Crippen LogP contribution in [0.5, 0.6) is 5.75 Å². The minimum Gasteiger partial charge on any atom is -0.506 e. The molecule has 0 aliphatic rings. The summed E-state index contributed by atoms with van der Waals surface area (Å²) >= 11 is 5.85. The molecule has 0 saturated carbocycles. The van der Waals surface area contributed by atoms with E-state index in [4.69, 9.17) is 21.1 Å². The lowest BCUT2D eigenvalue weighted by Gasteiger charge is -1.98. The van der Waals surface area contributed by atoms with Crippen molar-refractivity contribution in [1.29, 1.82) is 0 Å². The molecule has 0 fully saturated rings. The van der Waals surface area contributed by atoms with E-state index in [0.717, 1.165) is 0 Å². The Kier molecular flexibility index (Phi) is 2.28. The van der Waals surface area contributed by atoms with Crippen LogP contribution in [0.3, 0.4) is 0 Å². The third-order valence-electron chi connectivity index (χ3n) is 2.07. The van der Waals surface area contributed by atoms with Gasteiger partial charge in [0, 0.05) is 10.9 Å². The zero-order chi connectivity index (χ0) is 11.0.